The molecule has 5 nitrogen and oxygen atoms in total. The highest BCUT2D eigenvalue weighted by Crippen LogP contribution is 2.31. The molecule has 1 saturated heterocycles. The fourth-order valence-electron chi connectivity index (χ4n) is 4.53. The molecule has 7 heteroatoms. The van der Waals surface area contributed by atoms with Crippen molar-refractivity contribution in [3.63, 3.8) is 0 Å². The third-order valence-electron chi connectivity index (χ3n) is 5.97. The van der Waals surface area contributed by atoms with Gasteiger partial charge in [-0.3, -0.25) is 9.58 Å². The Morgan fingerprint density at radius 3 is 2.66 bits per heavy atom. The summed E-state index contributed by atoms with van der Waals surface area (Å²) < 4.78 is 2.12. The summed E-state index contributed by atoms with van der Waals surface area (Å²) in [5, 5.41) is 21.5. The fourth-order valence-corrected chi connectivity index (χ4v) is 4.53. The Morgan fingerprint density at radius 2 is 1.86 bits per heavy atom. The van der Waals surface area contributed by atoms with Crippen molar-refractivity contribution >= 4 is 35.6 Å². The van der Waals surface area contributed by atoms with Gasteiger partial charge in [-0.05, 0) is 35.4 Å². The van der Waals surface area contributed by atoms with E-state index < -0.39 is 0 Å². The lowest BCUT2D eigenvalue weighted by atomic mass is 9.86. The molecule has 0 bridgehead atoms. The average molecular weight is 435 g/mol. The van der Waals surface area contributed by atoms with Crippen molar-refractivity contribution in [2.75, 3.05) is 19.6 Å². The maximum Gasteiger partial charge on any atom is 0.0768 e. The Hall–Kier alpha value is -1.63. The third kappa shape index (κ3) is 4.60. The predicted molar refractivity (Wildman–Crippen MR) is 121 cm³/mol. The van der Waals surface area contributed by atoms with E-state index in [-0.39, 0.29) is 36.8 Å². The van der Waals surface area contributed by atoms with Crippen LogP contribution in [0.15, 0.2) is 48.5 Å². The number of aliphatic hydroxyl groups is 1. The van der Waals surface area contributed by atoms with Gasteiger partial charge < -0.3 is 10.4 Å². The number of rotatable bonds is 3. The number of β-amino-alcohol motifs (C(OH)–C–C–N with tert-alkyl or cyclic N) is 1. The number of nitrogens with zero attached hydrogens (tertiary/aromatic N) is 3. The molecule has 2 aromatic carbocycles. The molecular weight excluding hydrogens is 407 g/mol. The summed E-state index contributed by atoms with van der Waals surface area (Å²) >= 11 is 0. The monoisotopic (exact) mass is 434 g/mol. The van der Waals surface area contributed by atoms with Crippen molar-refractivity contribution in [2.24, 2.45) is 0 Å². The van der Waals surface area contributed by atoms with Gasteiger partial charge in [0, 0.05) is 32.1 Å². The van der Waals surface area contributed by atoms with Crippen LogP contribution in [0.1, 0.15) is 29.3 Å². The summed E-state index contributed by atoms with van der Waals surface area (Å²) in [6.07, 6.45) is 0.646. The van der Waals surface area contributed by atoms with Gasteiger partial charge in [-0.15, -0.1) is 24.8 Å². The first-order valence-electron chi connectivity index (χ1n) is 9.92. The van der Waals surface area contributed by atoms with E-state index in [0.29, 0.717) is 6.54 Å². The van der Waals surface area contributed by atoms with Gasteiger partial charge in [0.2, 0.25) is 0 Å². The second kappa shape index (κ2) is 9.45. The van der Waals surface area contributed by atoms with Gasteiger partial charge in [-0.2, -0.15) is 5.10 Å². The van der Waals surface area contributed by atoms with E-state index >= 15 is 0 Å². The number of hydrogen-bond donors (Lipinski definition) is 2. The van der Waals surface area contributed by atoms with Crippen LogP contribution >= 0.6 is 24.8 Å². The lowest BCUT2D eigenvalue weighted by molar-refractivity contribution is 0.0471. The van der Waals surface area contributed by atoms with Crippen LogP contribution in [0, 0.1) is 0 Å². The van der Waals surface area contributed by atoms with Crippen LogP contribution in [0.4, 0.5) is 0 Å². The molecule has 0 saturated carbocycles. The molecule has 2 atom stereocenters. The van der Waals surface area contributed by atoms with Crippen molar-refractivity contribution in [3.05, 3.63) is 65.5 Å². The number of nitrogens with one attached hydrogen (secondary N) is 1. The van der Waals surface area contributed by atoms with Gasteiger partial charge >= 0.3 is 0 Å². The first-order chi connectivity index (χ1) is 13.3. The Balaban J connectivity index is 0.00000120. The normalized spacial score (nSPS) is 21.8. The molecule has 156 valence electrons. The van der Waals surface area contributed by atoms with Crippen LogP contribution in [0.25, 0.3) is 10.8 Å². The zero-order valence-corrected chi connectivity index (χ0v) is 18.0. The van der Waals surface area contributed by atoms with Crippen molar-refractivity contribution in [1.29, 1.82) is 0 Å². The van der Waals surface area contributed by atoms with Crippen molar-refractivity contribution < 1.29 is 5.11 Å². The predicted octanol–water partition coefficient (Wildman–Crippen LogP) is 3.33. The van der Waals surface area contributed by atoms with E-state index in [0.717, 1.165) is 44.8 Å². The first-order valence-corrected chi connectivity index (χ1v) is 9.92. The van der Waals surface area contributed by atoms with E-state index in [2.05, 4.69) is 63.4 Å². The summed E-state index contributed by atoms with van der Waals surface area (Å²) in [4.78, 5) is 2.34. The third-order valence-corrected chi connectivity index (χ3v) is 5.97. The number of fused-ring (bicyclic) bond motifs is 2. The van der Waals surface area contributed by atoms with Gasteiger partial charge in [-0.25, -0.2) is 0 Å². The highest BCUT2D eigenvalue weighted by Gasteiger charge is 2.29. The molecule has 0 amide bonds. The Bertz CT molecular complexity index is 937. The minimum atomic E-state index is -0.334. The van der Waals surface area contributed by atoms with E-state index in [1.807, 2.05) is 0 Å². The highest BCUT2D eigenvalue weighted by atomic mass is 35.5. The molecule has 0 aliphatic carbocycles. The smallest absolute Gasteiger partial charge is 0.0768 e. The van der Waals surface area contributed by atoms with Crippen LogP contribution in [-0.2, 0) is 19.6 Å². The number of halogens is 2. The molecule has 0 radical (unpaired) electrons. The molecule has 5 rings (SSSR count). The standard InChI is InChI=1S/C22H26N4O.2ClH/c27-22-15-25(14-19-12-20-13-23-8-10-26(20)24-19)9-7-21(22)18-6-5-16-3-1-2-4-17(16)11-18;;/h1-6,11-12,21-23,27H,7-10,13-15H2;2*1H/t21-,22+;;/m0../s1. The number of hydrogen-bond acceptors (Lipinski definition) is 4. The average Bonchev–Trinajstić information content (AvgIpc) is 3.10. The molecular formula is C22H28Cl2N4O. The zero-order chi connectivity index (χ0) is 18.2. The van der Waals surface area contributed by atoms with Crippen LogP contribution in [-0.4, -0.2) is 45.5 Å². The molecule has 2 aliphatic heterocycles. The maximum absolute atomic E-state index is 10.8. The molecule has 3 aromatic rings. The Morgan fingerprint density at radius 1 is 1.03 bits per heavy atom. The maximum atomic E-state index is 10.8. The minimum absolute atomic E-state index is 0. The number of likely N-dealkylation sites (tertiary alicyclic amines) is 1. The molecule has 29 heavy (non-hydrogen) atoms. The molecule has 0 unspecified atom stereocenters. The van der Waals surface area contributed by atoms with Gasteiger partial charge in [0.15, 0.2) is 0 Å². The fraction of sp³-hybridized carbons (Fsp3) is 0.409. The SMILES string of the molecule is Cl.Cl.O[C@@H]1CN(Cc2cc3n(n2)CCNC3)CC[C@H]1c1ccc2ccccc2c1. The van der Waals surface area contributed by atoms with E-state index in [9.17, 15) is 5.11 Å². The lowest BCUT2D eigenvalue weighted by Crippen LogP contribution is -2.42. The molecule has 1 aromatic heterocycles. The van der Waals surface area contributed by atoms with Crippen molar-refractivity contribution in [3.8, 4) is 0 Å². The van der Waals surface area contributed by atoms with Crippen LogP contribution in [0.2, 0.25) is 0 Å². The van der Waals surface area contributed by atoms with Crippen LogP contribution < -0.4 is 5.32 Å². The zero-order valence-electron chi connectivity index (χ0n) is 16.3. The number of aliphatic hydroxyl groups excluding tert-OH is 1. The summed E-state index contributed by atoms with van der Waals surface area (Å²) in [7, 11) is 0. The van der Waals surface area contributed by atoms with Gasteiger partial charge in [0.05, 0.1) is 24.0 Å². The number of aromatic nitrogens is 2. The van der Waals surface area contributed by atoms with Crippen LogP contribution in [0.5, 0.6) is 0 Å². The molecule has 2 N–H and O–H groups in total. The molecule has 0 spiro atoms. The van der Waals surface area contributed by atoms with Gasteiger partial charge in [-0.1, -0.05) is 42.5 Å². The lowest BCUT2D eigenvalue weighted by Gasteiger charge is -2.36. The largest absolute Gasteiger partial charge is 0.391 e. The van der Waals surface area contributed by atoms with Gasteiger partial charge in [0.25, 0.3) is 0 Å². The second-order valence-corrected chi connectivity index (χ2v) is 7.83. The van der Waals surface area contributed by atoms with E-state index in [1.54, 1.807) is 0 Å². The quantitative estimate of drug-likeness (QED) is 0.663. The summed E-state index contributed by atoms with van der Waals surface area (Å²) in [5.74, 6) is 0.213. The molecule has 2 aliphatic rings. The summed E-state index contributed by atoms with van der Waals surface area (Å²) in [5.41, 5.74) is 3.64. The van der Waals surface area contributed by atoms with Gasteiger partial charge in [0.1, 0.15) is 0 Å². The topological polar surface area (TPSA) is 53.3 Å². The van der Waals surface area contributed by atoms with E-state index in [4.69, 9.17) is 5.10 Å². The van der Waals surface area contributed by atoms with E-state index in [1.165, 1.54) is 22.0 Å². The molecule has 1 fully saturated rings. The second-order valence-electron chi connectivity index (χ2n) is 7.83. The summed E-state index contributed by atoms with van der Waals surface area (Å²) in [6.45, 7) is 5.36. The first kappa shape index (κ1) is 22.1. The van der Waals surface area contributed by atoms with Crippen molar-refractivity contribution in [2.45, 2.75) is 38.1 Å². The number of piperidine rings is 1. The number of benzene rings is 2. The Kier molecular flexibility index (Phi) is 7.19. The highest BCUT2D eigenvalue weighted by molar-refractivity contribution is 5.85. The van der Waals surface area contributed by atoms with Crippen LogP contribution in [0.3, 0.4) is 0 Å². The minimum Gasteiger partial charge on any atom is -0.391 e. The summed E-state index contributed by atoms with van der Waals surface area (Å²) in [6, 6.07) is 17.2. The van der Waals surface area contributed by atoms with Crippen molar-refractivity contribution in [1.82, 2.24) is 20.0 Å². The Labute approximate surface area is 183 Å². The molecule has 3 heterocycles.